The maximum atomic E-state index is 11.7. The monoisotopic (exact) mass is 551 g/mol. The number of nitrogens with one attached hydrogen (secondary N) is 2. The Morgan fingerprint density at radius 1 is 1.03 bits per heavy atom. The van der Waals surface area contributed by atoms with Gasteiger partial charge >= 0.3 is 0 Å². The lowest BCUT2D eigenvalue weighted by Crippen LogP contribution is -2.36. The fourth-order valence-corrected chi connectivity index (χ4v) is 6.14. The van der Waals surface area contributed by atoms with Crippen molar-refractivity contribution in [3.05, 3.63) is 33.4 Å². The van der Waals surface area contributed by atoms with Gasteiger partial charge in [-0.1, -0.05) is 47.6 Å². The fraction of sp³-hybridized carbons (Fsp3) is 0.500. The van der Waals surface area contributed by atoms with Gasteiger partial charge in [-0.25, -0.2) is 9.97 Å². The van der Waals surface area contributed by atoms with Crippen LogP contribution in [0.4, 0.5) is 17.6 Å². The van der Waals surface area contributed by atoms with Crippen LogP contribution in [0.25, 0.3) is 11.2 Å². The lowest BCUT2D eigenvalue weighted by Gasteiger charge is -2.29. The number of aliphatic hydroxyl groups excluding tert-OH is 1. The molecule has 192 valence electrons. The lowest BCUT2D eigenvalue weighted by atomic mass is 9.85. The zero-order chi connectivity index (χ0) is 25.4. The van der Waals surface area contributed by atoms with Gasteiger partial charge in [0, 0.05) is 17.0 Å². The molecule has 5 N–H and O–H groups in total. The summed E-state index contributed by atoms with van der Waals surface area (Å²) in [5.41, 5.74) is 7.29. The molecule has 1 amide bonds. The number of carbonyl (C=O) groups excluding carboxylic acids is 1. The fourth-order valence-electron chi connectivity index (χ4n) is 5.23. The van der Waals surface area contributed by atoms with E-state index >= 15 is 0 Å². The van der Waals surface area contributed by atoms with Crippen LogP contribution in [-0.2, 0) is 4.79 Å². The molecule has 0 unspecified atom stereocenters. The highest BCUT2D eigenvalue weighted by molar-refractivity contribution is 6.41. The Labute approximate surface area is 223 Å². The number of hydrogen-bond acceptors (Lipinski definition) is 7. The summed E-state index contributed by atoms with van der Waals surface area (Å²) in [6.45, 7) is 0. The van der Waals surface area contributed by atoms with Gasteiger partial charge in [-0.2, -0.15) is 4.98 Å². The van der Waals surface area contributed by atoms with E-state index in [0.29, 0.717) is 56.7 Å². The number of halogens is 3. The molecule has 2 aliphatic rings. The summed E-state index contributed by atoms with van der Waals surface area (Å²) in [6.07, 6.45) is 7.78. The Morgan fingerprint density at radius 3 is 2.39 bits per heavy atom. The number of hydrogen-bond donors (Lipinski definition) is 4. The Balaban J connectivity index is 1.53. The van der Waals surface area contributed by atoms with Crippen LogP contribution in [0.1, 0.15) is 57.4 Å². The standard InChI is InChI=1S/C24H28Cl3N7O2/c25-13-9-15(26)20(16(27)10-13)32-24-31-18-11-29-23(30-17-3-1-2-4-19(17)35)33-22(18)34(24)14-7-5-12(6-8-14)21(28)36/h9-12,14,17,19,35H,1-8H2,(H2,28,36)(H,31,32)(H,29,30,33)/t12-,14+,17-,19+/m0/s1. The number of rotatable bonds is 6. The maximum absolute atomic E-state index is 11.7. The van der Waals surface area contributed by atoms with E-state index in [1.54, 1.807) is 18.3 Å². The predicted molar refractivity (Wildman–Crippen MR) is 142 cm³/mol. The SMILES string of the molecule is NC(=O)[C@H]1CC[C@@H](n2c(Nc3c(Cl)cc(Cl)cc3Cl)nc3cnc(N[C@H]4CCCC[C@H]4O)nc32)CC1. The smallest absolute Gasteiger partial charge is 0.225 e. The van der Waals surface area contributed by atoms with Gasteiger partial charge in [-0.15, -0.1) is 0 Å². The molecule has 0 radical (unpaired) electrons. The Bertz CT molecular complexity index is 1250. The van der Waals surface area contributed by atoms with Crippen LogP contribution in [0.3, 0.4) is 0 Å². The number of nitrogens with zero attached hydrogens (tertiary/aromatic N) is 4. The number of fused-ring (bicyclic) bond motifs is 1. The van der Waals surface area contributed by atoms with Crippen LogP contribution >= 0.6 is 34.8 Å². The molecule has 2 fully saturated rings. The second-order valence-electron chi connectivity index (χ2n) is 9.59. The van der Waals surface area contributed by atoms with E-state index < -0.39 is 6.10 Å². The van der Waals surface area contributed by atoms with E-state index in [1.807, 2.05) is 4.57 Å². The highest BCUT2D eigenvalue weighted by Crippen LogP contribution is 2.40. The van der Waals surface area contributed by atoms with E-state index in [9.17, 15) is 9.90 Å². The quantitative estimate of drug-likeness (QED) is 0.319. The number of imidazole rings is 1. The van der Waals surface area contributed by atoms with Crippen LogP contribution in [0.2, 0.25) is 15.1 Å². The predicted octanol–water partition coefficient (Wildman–Crippen LogP) is 5.46. The minimum atomic E-state index is -0.432. The van der Waals surface area contributed by atoms with Crippen molar-refractivity contribution in [2.45, 2.75) is 69.6 Å². The second-order valence-corrected chi connectivity index (χ2v) is 10.8. The summed E-state index contributed by atoms with van der Waals surface area (Å²) in [4.78, 5) is 25.7. The summed E-state index contributed by atoms with van der Waals surface area (Å²) in [7, 11) is 0. The van der Waals surface area contributed by atoms with Gasteiger partial charge in [0.25, 0.3) is 0 Å². The normalized spacial score (nSPS) is 24.6. The third-order valence-electron chi connectivity index (χ3n) is 7.18. The van der Waals surface area contributed by atoms with Crippen LogP contribution in [0.5, 0.6) is 0 Å². The molecule has 1 aromatic carbocycles. The second kappa shape index (κ2) is 10.6. The molecule has 0 aliphatic heterocycles. The summed E-state index contributed by atoms with van der Waals surface area (Å²) >= 11 is 19.0. The average molecular weight is 553 g/mol. The van der Waals surface area contributed by atoms with Gasteiger partial charge in [-0.3, -0.25) is 9.36 Å². The van der Waals surface area contributed by atoms with Gasteiger partial charge in [0.05, 0.1) is 34.1 Å². The Hall–Kier alpha value is -2.33. The molecule has 2 aromatic heterocycles. The molecular formula is C24H28Cl3N7O2. The topological polar surface area (TPSA) is 131 Å². The molecule has 2 heterocycles. The van der Waals surface area contributed by atoms with Crippen molar-refractivity contribution in [2.75, 3.05) is 10.6 Å². The first-order chi connectivity index (χ1) is 17.3. The number of aliphatic hydroxyl groups is 1. The molecule has 2 aliphatic carbocycles. The van der Waals surface area contributed by atoms with Crippen molar-refractivity contribution in [2.24, 2.45) is 11.7 Å². The zero-order valence-electron chi connectivity index (χ0n) is 19.6. The molecule has 36 heavy (non-hydrogen) atoms. The number of benzene rings is 1. The summed E-state index contributed by atoms with van der Waals surface area (Å²) in [5, 5.41) is 18.1. The van der Waals surface area contributed by atoms with Gasteiger partial charge in [0.15, 0.2) is 5.65 Å². The molecule has 5 rings (SSSR count). The van der Waals surface area contributed by atoms with E-state index in [-0.39, 0.29) is 23.9 Å². The maximum Gasteiger partial charge on any atom is 0.225 e. The van der Waals surface area contributed by atoms with E-state index in [0.717, 1.165) is 38.5 Å². The molecule has 12 heteroatoms. The van der Waals surface area contributed by atoms with Gasteiger partial charge in [-0.05, 0) is 50.7 Å². The number of anilines is 3. The lowest BCUT2D eigenvalue weighted by molar-refractivity contribution is -0.122. The summed E-state index contributed by atoms with van der Waals surface area (Å²) in [5.74, 6) is 0.562. The van der Waals surface area contributed by atoms with Crippen LogP contribution < -0.4 is 16.4 Å². The van der Waals surface area contributed by atoms with Crippen molar-refractivity contribution < 1.29 is 9.90 Å². The van der Waals surface area contributed by atoms with Crippen LogP contribution in [0.15, 0.2) is 18.3 Å². The molecular weight excluding hydrogens is 525 g/mol. The van der Waals surface area contributed by atoms with Gasteiger partial charge in [0.1, 0.15) is 5.52 Å². The van der Waals surface area contributed by atoms with Crippen molar-refractivity contribution >= 4 is 69.5 Å². The van der Waals surface area contributed by atoms with E-state index in [4.69, 9.17) is 50.5 Å². The molecule has 2 atom stereocenters. The third-order valence-corrected chi connectivity index (χ3v) is 8.00. The first-order valence-corrected chi connectivity index (χ1v) is 13.3. The van der Waals surface area contributed by atoms with Crippen molar-refractivity contribution in [1.29, 1.82) is 0 Å². The number of carbonyl (C=O) groups is 1. The first kappa shape index (κ1) is 25.3. The highest BCUT2D eigenvalue weighted by Gasteiger charge is 2.30. The van der Waals surface area contributed by atoms with E-state index in [2.05, 4.69) is 15.6 Å². The minimum Gasteiger partial charge on any atom is -0.391 e. The van der Waals surface area contributed by atoms with Gasteiger partial charge in [0.2, 0.25) is 17.8 Å². The molecule has 9 nitrogen and oxygen atoms in total. The summed E-state index contributed by atoms with van der Waals surface area (Å²) in [6, 6.07) is 3.16. The highest BCUT2D eigenvalue weighted by atomic mass is 35.5. The van der Waals surface area contributed by atoms with E-state index in [1.165, 1.54) is 0 Å². The number of primary amides is 1. The molecule has 2 saturated carbocycles. The molecule has 0 saturated heterocycles. The molecule has 0 bridgehead atoms. The zero-order valence-corrected chi connectivity index (χ0v) is 21.8. The third kappa shape index (κ3) is 5.20. The van der Waals surface area contributed by atoms with Crippen LogP contribution in [0, 0.1) is 5.92 Å². The van der Waals surface area contributed by atoms with Crippen LogP contribution in [-0.4, -0.2) is 42.7 Å². The molecule has 3 aromatic rings. The number of amides is 1. The minimum absolute atomic E-state index is 0.0287. The summed E-state index contributed by atoms with van der Waals surface area (Å²) < 4.78 is 2.03. The van der Waals surface area contributed by atoms with Crippen molar-refractivity contribution in [1.82, 2.24) is 19.5 Å². The largest absolute Gasteiger partial charge is 0.391 e. The Morgan fingerprint density at radius 2 is 1.72 bits per heavy atom. The number of nitrogens with two attached hydrogens (primary N) is 1. The van der Waals surface area contributed by atoms with Crippen molar-refractivity contribution in [3.8, 4) is 0 Å². The molecule has 0 spiro atoms. The Kier molecular flexibility index (Phi) is 7.44. The van der Waals surface area contributed by atoms with Crippen molar-refractivity contribution in [3.63, 3.8) is 0 Å². The van der Waals surface area contributed by atoms with Gasteiger partial charge < -0.3 is 21.5 Å². The first-order valence-electron chi connectivity index (χ1n) is 12.2. The number of aromatic nitrogens is 4. The average Bonchev–Trinajstić information content (AvgIpc) is 3.20.